The Balaban J connectivity index is 1.98. The van der Waals surface area contributed by atoms with Gasteiger partial charge in [-0.3, -0.25) is 9.59 Å². The molecule has 1 aromatic carbocycles. The van der Waals surface area contributed by atoms with Crippen LogP contribution in [0.4, 0.5) is 16.2 Å². The fourth-order valence-corrected chi connectivity index (χ4v) is 2.61. The van der Waals surface area contributed by atoms with Crippen LogP contribution < -0.4 is 10.6 Å². The van der Waals surface area contributed by atoms with E-state index in [-0.39, 0.29) is 24.5 Å². The van der Waals surface area contributed by atoms with E-state index < -0.39 is 0 Å². The van der Waals surface area contributed by atoms with Crippen molar-refractivity contribution in [2.24, 2.45) is 0 Å². The van der Waals surface area contributed by atoms with E-state index in [0.717, 1.165) is 0 Å². The van der Waals surface area contributed by atoms with Crippen LogP contribution in [0.25, 0.3) is 0 Å². The lowest BCUT2D eigenvalue weighted by Crippen LogP contribution is -2.51. The lowest BCUT2D eigenvalue weighted by molar-refractivity contribution is -0.130. The first-order valence-corrected chi connectivity index (χ1v) is 8.18. The lowest BCUT2D eigenvalue weighted by Gasteiger charge is -2.34. The van der Waals surface area contributed by atoms with Crippen LogP contribution in [0, 0.1) is 0 Å². The molecule has 1 aliphatic rings. The number of carbonyl (C=O) groups excluding carboxylic acids is 3. The second kappa shape index (κ2) is 8.68. The first-order valence-electron chi connectivity index (χ1n) is 7.80. The molecule has 0 atom stereocenters. The summed E-state index contributed by atoms with van der Waals surface area (Å²) in [6.07, 6.45) is 0. The van der Waals surface area contributed by atoms with Gasteiger partial charge in [0.2, 0.25) is 11.8 Å². The van der Waals surface area contributed by atoms with Crippen molar-refractivity contribution in [3.63, 3.8) is 0 Å². The number of hydrogen-bond acceptors (Lipinski definition) is 4. The molecular weight excluding hydrogens is 348 g/mol. The number of carbonyl (C=O) groups is 3. The van der Waals surface area contributed by atoms with Gasteiger partial charge in [-0.25, -0.2) is 4.79 Å². The van der Waals surface area contributed by atoms with Gasteiger partial charge in [0.25, 0.3) is 0 Å². The Morgan fingerprint density at radius 3 is 2.36 bits per heavy atom. The average Bonchev–Trinajstić information content (AvgIpc) is 2.58. The van der Waals surface area contributed by atoms with Gasteiger partial charge in [-0.1, -0.05) is 11.6 Å². The van der Waals surface area contributed by atoms with Crippen LogP contribution in [0.2, 0.25) is 5.02 Å². The minimum atomic E-state index is -0.303. The van der Waals surface area contributed by atoms with Crippen LogP contribution in [-0.2, 0) is 14.3 Å². The Morgan fingerprint density at radius 1 is 1.12 bits per heavy atom. The maximum absolute atomic E-state index is 12.4. The number of amides is 4. The van der Waals surface area contributed by atoms with Gasteiger partial charge in [-0.05, 0) is 18.2 Å². The van der Waals surface area contributed by atoms with Gasteiger partial charge in [-0.15, -0.1) is 0 Å². The third-order valence-corrected chi connectivity index (χ3v) is 4.11. The molecule has 1 aliphatic heterocycles. The van der Waals surface area contributed by atoms with Crippen LogP contribution in [0.1, 0.15) is 6.92 Å². The molecule has 1 heterocycles. The largest absolute Gasteiger partial charge is 0.375 e. The third-order valence-electron chi connectivity index (χ3n) is 3.78. The fourth-order valence-electron chi connectivity index (χ4n) is 2.45. The van der Waals surface area contributed by atoms with Crippen molar-refractivity contribution in [1.29, 1.82) is 0 Å². The summed E-state index contributed by atoms with van der Waals surface area (Å²) in [6, 6.07) is 4.51. The molecule has 1 saturated heterocycles. The Kier molecular flexibility index (Phi) is 6.60. The highest BCUT2D eigenvalue weighted by atomic mass is 35.5. The first kappa shape index (κ1) is 19.0. The number of nitrogens with one attached hydrogen (secondary N) is 2. The predicted octanol–water partition coefficient (Wildman–Crippen LogP) is 1.62. The van der Waals surface area contributed by atoms with E-state index in [9.17, 15) is 14.4 Å². The van der Waals surface area contributed by atoms with E-state index in [4.69, 9.17) is 16.3 Å². The van der Waals surface area contributed by atoms with E-state index in [2.05, 4.69) is 10.6 Å². The number of hydrogen-bond donors (Lipinski definition) is 2. The van der Waals surface area contributed by atoms with Crippen molar-refractivity contribution in [1.82, 2.24) is 9.80 Å². The molecule has 0 radical (unpaired) electrons. The molecule has 0 aliphatic carbocycles. The van der Waals surface area contributed by atoms with Crippen molar-refractivity contribution in [2.45, 2.75) is 6.92 Å². The van der Waals surface area contributed by atoms with Crippen LogP contribution in [0.15, 0.2) is 18.2 Å². The van der Waals surface area contributed by atoms with Crippen LogP contribution in [0.3, 0.4) is 0 Å². The SMILES string of the molecule is COCC(=O)Nc1ccc(Cl)c(NC(=O)N2CCN(C(C)=O)CC2)c1. The Labute approximate surface area is 151 Å². The monoisotopic (exact) mass is 368 g/mol. The first-order chi connectivity index (χ1) is 11.9. The average molecular weight is 369 g/mol. The molecule has 136 valence electrons. The van der Waals surface area contributed by atoms with Crippen molar-refractivity contribution in [3.05, 3.63) is 23.2 Å². The molecular formula is C16H21ClN4O4. The standard InChI is InChI=1S/C16H21ClN4O4/c1-11(22)20-5-7-21(8-6-20)16(24)19-14-9-12(3-4-13(14)17)18-15(23)10-25-2/h3-4,9H,5-8,10H2,1-2H3,(H,18,23)(H,19,24). The topological polar surface area (TPSA) is 91.0 Å². The molecule has 1 fully saturated rings. The molecule has 1 aromatic rings. The van der Waals surface area contributed by atoms with E-state index in [0.29, 0.717) is 42.6 Å². The van der Waals surface area contributed by atoms with Crippen molar-refractivity contribution in [2.75, 3.05) is 50.5 Å². The van der Waals surface area contributed by atoms with Crippen molar-refractivity contribution < 1.29 is 19.1 Å². The zero-order chi connectivity index (χ0) is 18.4. The summed E-state index contributed by atoms with van der Waals surface area (Å²) in [5.74, 6) is -0.301. The number of methoxy groups -OCH3 is 1. The highest BCUT2D eigenvalue weighted by molar-refractivity contribution is 6.33. The zero-order valence-corrected chi connectivity index (χ0v) is 14.9. The number of nitrogens with zero attached hydrogens (tertiary/aromatic N) is 2. The summed E-state index contributed by atoms with van der Waals surface area (Å²) in [5.41, 5.74) is 0.902. The molecule has 0 bridgehead atoms. The number of ether oxygens (including phenoxy) is 1. The van der Waals surface area contributed by atoms with E-state index in [1.807, 2.05) is 0 Å². The highest BCUT2D eigenvalue weighted by Gasteiger charge is 2.22. The summed E-state index contributed by atoms with van der Waals surface area (Å²) >= 11 is 6.12. The van der Waals surface area contributed by atoms with Crippen molar-refractivity contribution in [3.8, 4) is 0 Å². The molecule has 0 unspecified atom stereocenters. The molecule has 2 rings (SSSR count). The quantitative estimate of drug-likeness (QED) is 0.844. The van der Waals surface area contributed by atoms with E-state index in [1.54, 1.807) is 28.0 Å². The van der Waals surface area contributed by atoms with E-state index in [1.165, 1.54) is 14.0 Å². The van der Waals surface area contributed by atoms with E-state index >= 15 is 0 Å². The zero-order valence-electron chi connectivity index (χ0n) is 14.2. The van der Waals surface area contributed by atoms with Gasteiger partial charge < -0.3 is 25.2 Å². The summed E-state index contributed by atoms with van der Waals surface area (Å²) < 4.78 is 4.76. The molecule has 25 heavy (non-hydrogen) atoms. The highest BCUT2D eigenvalue weighted by Crippen LogP contribution is 2.26. The number of urea groups is 1. The maximum atomic E-state index is 12.4. The molecule has 0 spiro atoms. The smallest absolute Gasteiger partial charge is 0.322 e. The summed E-state index contributed by atoms with van der Waals surface area (Å²) in [6.45, 7) is 3.36. The maximum Gasteiger partial charge on any atom is 0.322 e. The van der Waals surface area contributed by atoms with Crippen LogP contribution >= 0.6 is 11.6 Å². The normalized spacial score (nSPS) is 14.2. The minimum Gasteiger partial charge on any atom is -0.375 e. The van der Waals surface area contributed by atoms with Gasteiger partial charge >= 0.3 is 6.03 Å². The van der Waals surface area contributed by atoms with Gasteiger partial charge in [0.05, 0.1) is 10.7 Å². The predicted molar refractivity (Wildman–Crippen MR) is 94.8 cm³/mol. The second-order valence-electron chi connectivity index (χ2n) is 5.60. The lowest BCUT2D eigenvalue weighted by atomic mass is 10.2. The molecule has 8 nitrogen and oxygen atoms in total. The summed E-state index contributed by atoms with van der Waals surface area (Å²) in [7, 11) is 1.43. The number of rotatable bonds is 4. The van der Waals surface area contributed by atoms with Crippen LogP contribution in [0.5, 0.6) is 0 Å². The Morgan fingerprint density at radius 2 is 1.76 bits per heavy atom. The summed E-state index contributed by atoms with van der Waals surface area (Å²) in [4.78, 5) is 38.6. The third kappa shape index (κ3) is 5.33. The number of halogens is 1. The fraction of sp³-hybridized carbons (Fsp3) is 0.438. The molecule has 4 amide bonds. The number of piperazine rings is 1. The van der Waals surface area contributed by atoms with Crippen LogP contribution in [-0.4, -0.2) is 67.5 Å². The Hall–Kier alpha value is -2.32. The second-order valence-corrected chi connectivity index (χ2v) is 6.01. The summed E-state index contributed by atoms with van der Waals surface area (Å²) in [5, 5.41) is 5.75. The van der Waals surface area contributed by atoms with Gasteiger partial charge in [0.15, 0.2) is 0 Å². The molecule has 0 aromatic heterocycles. The van der Waals surface area contributed by atoms with Gasteiger partial charge in [-0.2, -0.15) is 0 Å². The molecule has 0 saturated carbocycles. The molecule has 9 heteroatoms. The molecule has 2 N–H and O–H groups in total. The number of anilines is 2. The number of benzene rings is 1. The van der Waals surface area contributed by atoms with Crippen molar-refractivity contribution >= 4 is 40.8 Å². The van der Waals surface area contributed by atoms with Gasteiger partial charge in [0, 0.05) is 45.9 Å². The minimum absolute atomic E-state index is 0.00241. The van der Waals surface area contributed by atoms with Gasteiger partial charge in [0.1, 0.15) is 6.61 Å². The Bertz CT molecular complexity index is 660.